The van der Waals surface area contributed by atoms with Gasteiger partial charge in [-0.15, -0.1) is 0 Å². The molecule has 1 aromatic heterocycles. The zero-order chi connectivity index (χ0) is 21.5. The highest BCUT2D eigenvalue weighted by molar-refractivity contribution is 7.09. The first kappa shape index (κ1) is 20.5. The molecule has 3 aromatic rings. The second-order valence-electron chi connectivity index (χ2n) is 8.19. The van der Waals surface area contributed by atoms with Crippen LogP contribution in [0.1, 0.15) is 36.4 Å². The Bertz CT molecular complexity index is 1100. The Morgan fingerprint density at radius 3 is 2.77 bits per heavy atom. The van der Waals surface area contributed by atoms with Crippen molar-refractivity contribution in [3.8, 4) is 10.6 Å². The minimum absolute atomic E-state index is 0.0122. The summed E-state index contributed by atoms with van der Waals surface area (Å²) in [4.78, 5) is 19.2. The predicted octanol–water partition coefficient (Wildman–Crippen LogP) is 4.05. The second kappa shape index (κ2) is 7.81. The minimum Gasteiger partial charge on any atom is -0.386 e. The van der Waals surface area contributed by atoms with E-state index in [1.165, 1.54) is 11.5 Å². The molecular formula is C23H26N4O2S. The maximum absolute atomic E-state index is 13.0. The van der Waals surface area contributed by atoms with Crippen LogP contribution in [-0.4, -0.2) is 33.5 Å². The number of benzene rings is 2. The lowest BCUT2D eigenvalue weighted by Gasteiger charge is -2.23. The minimum atomic E-state index is -0.927. The summed E-state index contributed by atoms with van der Waals surface area (Å²) in [5.41, 5.74) is 4.89. The van der Waals surface area contributed by atoms with Crippen molar-refractivity contribution < 1.29 is 9.90 Å². The molecule has 0 radical (unpaired) electrons. The lowest BCUT2D eigenvalue weighted by molar-refractivity contribution is -0.116. The van der Waals surface area contributed by atoms with Gasteiger partial charge >= 0.3 is 0 Å². The van der Waals surface area contributed by atoms with Crippen molar-refractivity contribution in [3.05, 3.63) is 58.9 Å². The van der Waals surface area contributed by atoms with Gasteiger partial charge in [-0.2, -0.15) is 4.37 Å². The van der Waals surface area contributed by atoms with Crippen molar-refractivity contribution in [3.63, 3.8) is 0 Å². The molecule has 0 bridgehead atoms. The molecule has 1 aliphatic rings. The van der Waals surface area contributed by atoms with E-state index in [-0.39, 0.29) is 12.5 Å². The van der Waals surface area contributed by atoms with Crippen LogP contribution in [-0.2, 0) is 16.8 Å². The number of hydrogen-bond acceptors (Lipinski definition) is 6. The third-order valence-corrected chi connectivity index (χ3v) is 6.29. The van der Waals surface area contributed by atoms with Crippen LogP contribution in [0.3, 0.4) is 0 Å². The second-order valence-corrected chi connectivity index (χ2v) is 8.94. The zero-order valence-corrected chi connectivity index (χ0v) is 18.5. The molecular weight excluding hydrogens is 396 g/mol. The Kier molecular flexibility index (Phi) is 5.34. The first-order chi connectivity index (χ1) is 14.2. The molecule has 0 aliphatic carbocycles. The van der Waals surface area contributed by atoms with E-state index in [1.807, 2.05) is 55.1 Å². The van der Waals surface area contributed by atoms with Crippen LogP contribution in [0.4, 0.5) is 11.4 Å². The summed E-state index contributed by atoms with van der Waals surface area (Å²) in [5.74, 6) is 0.775. The van der Waals surface area contributed by atoms with Crippen molar-refractivity contribution in [2.24, 2.45) is 0 Å². The summed E-state index contributed by atoms with van der Waals surface area (Å²) in [6.07, 6.45) is 0.756. The van der Waals surface area contributed by atoms with Crippen LogP contribution >= 0.6 is 11.5 Å². The number of carbonyl (C=O) groups is 1. The summed E-state index contributed by atoms with van der Waals surface area (Å²) in [7, 11) is 0. The fourth-order valence-electron chi connectivity index (χ4n) is 3.89. The van der Waals surface area contributed by atoms with Crippen molar-refractivity contribution in [2.45, 2.75) is 39.7 Å². The molecule has 4 rings (SSSR count). The van der Waals surface area contributed by atoms with Crippen LogP contribution in [0.5, 0.6) is 0 Å². The van der Waals surface area contributed by atoms with Crippen LogP contribution in [0.2, 0.25) is 0 Å². The van der Waals surface area contributed by atoms with Gasteiger partial charge in [0.15, 0.2) is 0 Å². The fourth-order valence-corrected chi connectivity index (χ4v) is 4.56. The molecule has 0 saturated carbocycles. The number of amides is 1. The maximum atomic E-state index is 13.0. The average molecular weight is 423 g/mol. The van der Waals surface area contributed by atoms with Crippen LogP contribution in [0.15, 0.2) is 36.4 Å². The SMILES string of the molecule is Cc1nsc(-c2ccc(C)c(NCC(=O)N3CCc4c3cccc4C(C)(C)O)c2)n1. The number of fused-ring (bicyclic) bond motifs is 1. The van der Waals surface area contributed by atoms with Crippen LogP contribution in [0.25, 0.3) is 10.6 Å². The number of aryl methyl sites for hydroxylation is 2. The van der Waals surface area contributed by atoms with Gasteiger partial charge in [-0.25, -0.2) is 4.98 Å². The van der Waals surface area contributed by atoms with E-state index < -0.39 is 5.60 Å². The standard InChI is InChI=1S/C23H26N4O2S/c1-14-8-9-16(22-25-15(2)26-30-22)12-19(14)24-13-21(28)27-11-10-17-18(23(3,4)29)6-5-7-20(17)27/h5-9,12,24,29H,10-11,13H2,1-4H3. The predicted molar refractivity (Wildman–Crippen MR) is 121 cm³/mol. The molecule has 1 aliphatic heterocycles. The van der Waals surface area contributed by atoms with Gasteiger partial charge in [-0.3, -0.25) is 4.79 Å². The lowest BCUT2D eigenvalue weighted by Crippen LogP contribution is -2.34. The molecule has 0 atom stereocenters. The molecule has 156 valence electrons. The van der Waals surface area contributed by atoms with Gasteiger partial charge in [0.25, 0.3) is 0 Å². The molecule has 0 saturated heterocycles. The molecule has 0 unspecified atom stereocenters. The topological polar surface area (TPSA) is 78.4 Å². The summed E-state index contributed by atoms with van der Waals surface area (Å²) >= 11 is 1.37. The van der Waals surface area contributed by atoms with Crippen molar-refractivity contribution in [2.75, 3.05) is 23.3 Å². The van der Waals surface area contributed by atoms with E-state index in [1.54, 1.807) is 13.8 Å². The lowest BCUT2D eigenvalue weighted by atomic mass is 9.92. The number of nitrogens with one attached hydrogen (secondary N) is 1. The van der Waals surface area contributed by atoms with Crippen molar-refractivity contribution in [1.82, 2.24) is 9.36 Å². The monoisotopic (exact) mass is 422 g/mol. The summed E-state index contributed by atoms with van der Waals surface area (Å²) in [6.45, 7) is 8.29. The number of aliphatic hydroxyl groups is 1. The quantitative estimate of drug-likeness (QED) is 0.649. The van der Waals surface area contributed by atoms with Gasteiger partial charge < -0.3 is 15.3 Å². The van der Waals surface area contributed by atoms with Gasteiger partial charge in [-0.1, -0.05) is 24.3 Å². The number of hydrogen-bond donors (Lipinski definition) is 2. The first-order valence-electron chi connectivity index (χ1n) is 10.0. The summed E-state index contributed by atoms with van der Waals surface area (Å²) in [5, 5.41) is 14.6. The highest BCUT2D eigenvalue weighted by atomic mass is 32.1. The Morgan fingerprint density at radius 1 is 1.27 bits per heavy atom. The van der Waals surface area contributed by atoms with E-state index in [4.69, 9.17) is 0 Å². The Morgan fingerprint density at radius 2 is 2.07 bits per heavy atom. The number of carbonyl (C=O) groups excluding carboxylic acids is 1. The third-order valence-electron chi connectivity index (χ3n) is 5.43. The summed E-state index contributed by atoms with van der Waals surface area (Å²) in [6, 6.07) is 11.9. The highest BCUT2D eigenvalue weighted by Crippen LogP contribution is 2.36. The Labute approximate surface area is 180 Å². The van der Waals surface area contributed by atoms with E-state index in [0.29, 0.717) is 6.54 Å². The normalized spacial score (nSPS) is 13.4. The number of aromatic nitrogens is 2. The highest BCUT2D eigenvalue weighted by Gasteiger charge is 2.30. The van der Waals surface area contributed by atoms with Gasteiger partial charge in [-0.05, 0) is 74.5 Å². The zero-order valence-electron chi connectivity index (χ0n) is 17.7. The van der Waals surface area contributed by atoms with E-state index >= 15 is 0 Å². The molecule has 0 fully saturated rings. The first-order valence-corrected chi connectivity index (χ1v) is 10.8. The molecule has 2 N–H and O–H groups in total. The van der Waals surface area contributed by atoms with Gasteiger partial charge in [0.05, 0.1) is 12.1 Å². The van der Waals surface area contributed by atoms with Crippen molar-refractivity contribution >= 4 is 28.8 Å². The van der Waals surface area contributed by atoms with E-state index in [9.17, 15) is 9.90 Å². The third kappa shape index (κ3) is 3.95. The largest absolute Gasteiger partial charge is 0.386 e. The van der Waals surface area contributed by atoms with Gasteiger partial charge in [0, 0.05) is 23.5 Å². The molecule has 2 aromatic carbocycles. The maximum Gasteiger partial charge on any atom is 0.246 e. The molecule has 6 nitrogen and oxygen atoms in total. The van der Waals surface area contributed by atoms with Gasteiger partial charge in [0.2, 0.25) is 5.91 Å². The fraction of sp³-hybridized carbons (Fsp3) is 0.348. The smallest absolute Gasteiger partial charge is 0.246 e. The molecule has 7 heteroatoms. The van der Waals surface area contributed by atoms with Crippen LogP contribution in [0, 0.1) is 13.8 Å². The number of anilines is 2. The van der Waals surface area contributed by atoms with Gasteiger partial charge in [0.1, 0.15) is 10.8 Å². The van der Waals surface area contributed by atoms with Crippen molar-refractivity contribution in [1.29, 1.82) is 0 Å². The number of nitrogens with zero attached hydrogens (tertiary/aromatic N) is 3. The average Bonchev–Trinajstić information content (AvgIpc) is 3.32. The molecule has 30 heavy (non-hydrogen) atoms. The molecule has 0 spiro atoms. The Balaban J connectivity index is 1.51. The number of rotatable bonds is 5. The Hall–Kier alpha value is -2.77. The molecule has 2 heterocycles. The van der Waals surface area contributed by atoms with Crippen LogP contribution < -0.4 is 10.2 Å². The molecule has 1 amide bonds. The van der Waals surface area contributed by atoms with E-state index in [2.05, 4.69) is 14.7 Å². The summed E-state index contributed by atoms with van der Waals surface area (Å²) < 4.78 is 4.25. The van der Waals surface area contributed by atoms with E-state index in [0.717, 1.165) is 50.9 Å².